The van der Waals surface area contributed by atoms with E-state index in [1.165, 1.54) is 0 Å². The lowest BCUT2D eigenvalue weighted by Crippen LogP contribution is -2.72. The van der Waals surface area contributed by atoms with E-state index in [9.17, 15) is 8.78 Å². The first-order valence-corrected chi connectivity index (χ1v) is 3.11. The molecule has 0 atom stereocenters. The minimum absolute atomic E-state index is 0.337. The largest absolute Gasteiger partial charge is 0.396 e. The van der Waals surface area contributed by atoms with Crippen LogP contribution in [0.5, 0.6) is 0 Å². The number of hydrogen-bond donors (Lipinski definition) is 1. The normalized spacial score (nSPS) is 51.7. The number of aliphatic hydroxyl groups excluding tert-OH is 1. The first kappa shape index (κ1) is 5.59. The molecule has 0 spiro atoms. The lowest BCUT2D eigenvalue weighted by molar-refractivity contribution is -0.358. The minimum atomic E-state index is -2.53. The predicted molar refractivity (Wildman–Crippen MR) is 27.2 cm³/mol. The second-order valence-electron chi connectivity index (χ2n) is 3.17. The zero-order valence-corrected chi connectivity index (χ0v) is 4.90. The van der Waals surface area contributed by atoms with Gasteiger partial charge in [-0.3, -0.25) is 0 Å². The van der Waals surface area contributed by atoms with E-state index in [4.69, 9.17) is 5.11 Å². The van der Waals surface area contributed by atoms with Crippen molar-refractivity contribution in [3.8, 4) is 0 Å². The Morgan fingerprint density at radius 2 is 2.00 bits per heavy atom. The van der Waals surface area contributed by atoms with Crippen molar-refractivity contribution >= 4 is 0 Å². The highest BCUT2D eigenvalue weighted by Crippen LogP contribution is 2.73. The SMILES string of the molecule is OCC12CC(C1)C2(F)F. The molecule has 0 radical (unpaired) electrons. The molecule has 3 heteroatoms. The Morgan fingerprint density at radius 1 is 1.44 bits per heavy atom. The van der Waals surface area contributed by atoms with Crippen LogP contribution in [-0.2, 0) is 0 Å². The molecule has 0 aromatic carbocycles. The molecule has 3 aliphatic rings. The molecule has 9 heavy (non-hydrogen) atoms. The fraction of sp³-hybridized carbons (Fsp3) is 1.00. The highest BCUT2D eigenvalue weighted by atomic mass is 19.3. The maximum atomic E-state index is 12.5. The lowest BCUT2D eigenvalue weighted by atomic mass is 9.41. The molecule has 0 saturated heterocycles. The third-order valence-electron chi connectivity index (χ3n) is 2.80. The second-order valence-corrected chi connectivity index (χ2v) is 3.17. The molecular weight excluding hydrogens is 126 g/mol. The summed E-state index contributed by atoms with van der Waals surface area (Å²) < 4.78 is 25.0. The van der Waals surface area contributed by atoms with Gasteiger partial charge in [0.25, 0.3) is 5.92 Å². The van der Waals surface area contributed by atoms with Crippen molar-refractivity contribution in [1.82, 2.24) is 0 Å². The monoisotopic (exact) mass is 134 g/mol. The van der Waals surface area contributed by atoms with Crippen molar-refractivity contribution in [2.24, 2.45) is 11.3 Å². The number of alkyl halides is 2. The first-order chi connectivity index (χ1) is 4.12. The Kier molecular flexibility index (Phi) is 0.712. The molecule has 3 aliphatic carbocycles. The van der Waals surface area contributed by atoms with E-state index in [0.717, 1.165) is 0 Å². The molecule has 0 amide bonds. The van der Waals surface area contributed by atoms with Crippen LogP contribution < -0.4 is 0 Å². The van der Waals surface area contributed by atoms with Gasteiger partial charge >= 0.3 is 0 Å². The summed E-state index contributed by atoms with van der Waals surface area (Å²) in [6, 6.07) is 0. The van der Waals surface area contributed by atoms with E-state index < -0.39 is 17.3 Å². The second kappa shape index (κ2) is 1.15. The zero-order chi connectivity index (χ0) is 6.70. The van der Waals surface area contributed by atoms with Gasteiger partial charge in [0, 0.05) is 5.92 Å². The summed E-state index contributed by atoms with van der Waals surface area (Å²) in [6.45, 7) is -0.337. The molecular formula is C6H8F2O. The van der Waals surface area contributed by atoms with Crippen molar-refractivity contribution < 1.29 is 13.9 Å². The molecule has 0 aromatic heterocycles. The molecule has 3 fully saturated rings. The van der Waals surface area contributed by atoms with Gasteiger partial charge in [-0.2, -0.15) is 0 Å². The van der Waals surface area contributed by atoms with E-state index in [-0.39, 0.29) is 6.61 Å². The van der Waals surface area contributed by atoms with Crippen LogP contribution >= 0.6 is 0 Å². The highest BCUT2D eigenvalue weighted by Gasteiger charge is 2.78. The van der Waals surface area contributed by atoms with Crippen LogP contribution in [0.3, 0.4) is 0 Å². The van der Waals surface area contributed by atoms with Gasteiger partial charge in [-0.25, -0.2) is 8.78 Å². The van der Waals surface area contributed by atoms with E-state index in [1.807, 2.05) is 0 Å². The summed E-state index contributed by atoms with van der Waals surface area (Å²) in [4.78, 5) is 0. The van der Waals surface area contributed by atoms with Gasteiger partial charge in [0.2, 0.25) is 0 Å². The van der Waals surface area contributed by atoms with Gasteiger partial charge in [0.05, 0.1) is 12.0 Å². The molecule has 0 aliphatic heterocycles. The third-order valence-corrected chi connectivity index (χ3v) is 2.80. The Morgan fingerprint density at radius 3 is 2.00 bits per heavy atom. The lowest BCUT2D eigenvalue weighted by Gasteiger charge is -2.66. The molecule has 3 saturated carbocycles. The van der Waals surface area contributed by atoms with Crippen molar-refractivity contribution in [2.75, 3.05) is 6.61 Å². The van der Waals surface area contributed by atoms with Crippen LogP contribution in [-0.4, -0.2) is 17.6 Å². The number of aliphatic hydroxyl groups is 1. The topological polar surface area (TPSA) is 20.2 Å². The van der Waals surface area contributed by atoms with E-state index in [2.05, 4.69) is 0 Å². The van der Waals surface area contributed by atoms with Crippen molar-refractivity contribution in [2.45, 2.75) is 18.8 Å². The van der Waals surface area contributed by atoms with Gasteiger partial charge < -0.3 is 5.11 Å². The third kappa shape index (κ3) is 0.342. The summed E-state index contributed by atoms with van der Waals surface area (Å²) in [7, 11) is 0. The Labute approximate surface area is 51.7 Å². The fourth-order valence-corrected chi connectivity index (χ4v) is 1.82. The summed E-state index contributed by atoms with van der Waals surface area (Å²) in [5, 5.41) is 8.54. The van der Waals surface area contributed by atoms with E-state index in [0.29, 0.717) is 12.8 Å². The fourth-order valence-electron chi connectivity index (χ4n) is 1.82. The minimum Gasteiger partial charge on any atom is -0.396 e. The van der Waals surface area contributed by atoms with Crippen LogP contribution in [0.1, 0.15) is 12.8 Å². The standard InChI is InChI=1S/C6H8F2O/c7-6(8)4-1-5(6,2-4)3-9/h4,9H,1-3H2. The van der Waals surface area contributed by atoms with Gasteiger partial charge in [-0.05, 0) is 12.8 Å². The average molecular weight is 134 g/mol. The molecule has 1 N–H and O–H groups in total. The first-order valence-electron chi connectivity index (χ1n) is 3.11. The summed E-state index contributed by atoms with van der Waals surface area (Å²) >= 11 is 0. The van der Waals surface area contributed by atoms with Crippen molar-refractivity contribution in [3.05, 3.63) is 0 Å². The molecule has 3 rings (SSSR count). The Bertz CT molecular complexity index is 144. The van der Waals surface area contributed by atoms with Crippen LogP contribution in [0.25, 0.3) is 0 Å². The van der Waals surface area contributed by atoms with Gasteiger partial charge in [0.15, 0.2) is 0 Å². The van der Waals surface area contributed by atoms with Crippen LogP contribution in [0.15, 0.2) is 0 Å². The van der Waals surface area contributed by atoms with Crippen LogP contribution in [0.2, 0.25) is 0 Å². The Hall–Kier alpha value is -0.180. The number of hydrogen-bond acceptors (Lipinski definition) is 1. The smallest absolute Gasteiger partial charge is 0.258 e. The maximum absolute atomic E-state index is 12.5. The molecule has 2 bridgehead atoms. The number of rotatable bonds is 1. The van der Waals surface area contributed by atoms with Crippen molar-refractivity contribution in [1.29, 1.82) is 0 Å². The molecule has 52 valence electrons. The van der Waals surface area contributed by atoms with Gasteiger partial charge in [0.1, 0.15) is 0 Å². The van der Waals surface area contributed by atoms with E-state index in [1.54, 1.807) is 0 Å². The molecule has 0 heterocycles. The summed E-state index contributed by atoms with van der Waals surface area (Å²) in [6.07, 6.45) is 1.08. The maximum Gasteiger partial charge on any atom is 0.258 e. The van der Waals surface area contributed by atoms with Crippen LogP contribution in [0.4, 0.5) is 8.78 Å². The summed E-state index contributed by atoms with van der Waals surface area (Å²) in [5.74, 6) is -2.92. The van der Waals surface area contributed by atoms with Crippen LogP contribution in [0, 0.1) is 11.3 Å². The summed E-state index contributed by atoms with van der Waals surface area (Å²) in [5.41, 5.74) is -0.975. The Balaban J connectivity index is 2.18. The predicted octanol–water partition coefficient (Wildman–Crippen LogP) is 1.02. The molecule has 1 nitrogen and oxygen atoms in total. The zero-order valence-electron chi connectivity index (χ0n) is 4.90. The average Bonchev–Trinajstić information content (AvgIpc) is 1.63. The van der Waals surface area contributed by atoms with Gasteiger partial charge in [-0.1, -0.05) is 0 Å². The van der Waals surface area contributed by atoms with Gasteiger partial charge in [-0.15, -0.1) is 0 Å². The van der Waals surface area contributed by atoms with E-state index >= 15 is 0 Å². The number of halogens is 2. The molecule has 0 unspecified atom stereocenters. The molecule has 0 aromatic rings. The quantitative estimate of drug-likeness (QED) is 0.567. The highest BCUT2D eigenvalue weighted by molar-refractivity contribution is 5.19. The van der Waals surface area contributed by atoms with Crippen molar-refractivity contribution in [3.63, 3.8) is 0 Å².